The Hall–Kier alpha value is -1.68. The molecule has 2 fully saturated rings. The van der Waals surface area contributed by atoms with Gasteiger partial charge >= 0.3 is 0 Å². The van der Waals surface area contributed by atoms with E-state index < -0.39 is 0 Å². The van der Waals surface area contributed by atoms with Crippen molar-refractivity contribution >= 4 is 11.7 Å². The molecule has 0 radical (unpaired) electrons. The number of hydrogen-bond donors (Lipinski definition) is 0. The predicted octanol–water partition coefficient (Wildman–Crippen LogP) is 3.37. The highest BCUT2D eigenvalue weighted by Crippen LogP contribution is 2.25. The Balaban J connectivity index is 1.35. The number of carbonyl (C=O) groups is 2. The predicted molar refractivity (Wildman–Crippen MR) is 99.6 cm³/mol. The monoisotopic (exact) mass is 342 g/mol. The highest BCUT2D eigenvalue weighted by molar-refractivity contribution is 5.95. The smallest absolute Gasteiger partial charge is 0.225 e. The van der Waals surface area contributed by atoms with Crippen LogP contribution in [0.4, 0.5) is 0 Å². The normalized spacial score (nSPS) is 19.8. The third-order valence-corrected chi connectivity index (χ3v) is 5.61. The Bertz CT molecular complexity index is 559. The van der Waals surface area contributed by atoms with E-state index in [0.29, 0.717) is 12.3 Å². The highest BCUT2D eigenvalue weighted by atomic mass is 16.2. The first-order valence-electron chi connectivity index (χ1n) is 9.83. The quantitative estimate of drug-likeness (QED) is 0.744. The van der Waals surface area contributed by atoms with Crippen molar-refractivity contribution in [2.45, 2.75) is 44.9 Å². The summed E-state index contributed by atoms with van der Waals surface area (Å²) >= 11 is 0. The van der Waals surface area contributed by atoms with Gasteiger partial charge in [-0.1, -0.05) is 49.6 Å². The van der Waals surface area contributed by atoms with E-state index in [1.807, 2.05) is 30.3 Å². The summed E-state index contributed by atoms with van der Waals surface area (Å²) in [6.07, 6.45) is 7.38. The van der Waals surface area contributed by atoms with Crippen LogP contribution in [0.1, 0.15) is 55.3 Å². The highest BCUT2D eigenvalue weighted by Gasteiger charge is 2.28. The van der Waals surface area contributed by atoms with Gasteiger partial charge in [0.05, 0.1) is 0 Å². The van der Waals surface area contributed by atoms with Gasteiger partial charge in [-0.25, -0.2) is 0 Å². The van der Waals surface area contributed by atoms with Crippen LogP contribution in [0.2, 0.25) is 0 Å². The Morgan fingerprint density at radius 2 is 1.60 bits per heavy atom. The number of amides is 1. The van der Waals surface area contributed by atoms with Crippen LogP contribution in [0.3, 0.4) is 0 Å². The maximum atomic E-state index is 12.6. The van der Waals surface area contributed by atoms with Crippen molar-refractivity contribution in [3.8, 4) is 0 Å². The van der Waals surface area contributed by atoms with E-state index in [1.165, 1.54) is 19.3 Å². The number of hydrogen-bond acceptors (Lipinski definition) is 3. The molecule has 4 nitrogen and oxygen atoms in total. The Morgan fingerprint density at radius 3 is 2.28 bits per heavy atom. The molecular weight excluding hydrogens is 312 g/mol. The van der Waals surface area contributed by atoms with Crippen LogP contribution in [-0.2, 0) is 4.79 Å². The summed E-state index contributed by atoms with van der Waals surface area (Å²) in [7, 11) is 0. The fourth-order valence-electron chi connectivity index (χ4n) is 4.03. The van der Waals surface area contributed by atoms with Gasteiger partial charge in [-0.05, 0) is 25.8 Å². The number of Topliss-reactive ketones (excluding diaryl/α,β-unsaturated/α-hetero) is 1. The molecule has 0 N–H and O–H groups in total. The van der Waals surface area contributed by atoms with Crippen molar-refractivity contribution in [3.05, 3.63) is 35.9 Å². The zero-order chi connectivity index (χ0) is 17.5. The van der Waals surface area contributed by atoms with Crippen molar-refractivity contribution in [1.29, 1.82) is 0 Å². The van der Waals surface area contributed by atoms with Crippen molar-refractivity contribution in [1.82, 2.24) is 9.80 Å². The van der Waals surface area contributed by atoms with Gasteiger partial charge in [0.1, 0.15) is 0 Å². The zero-order valence-corrected chi connectivity index (χ0v) is 15.2. The molecule has 1 aliphatic heterocycles. The SMILES string of the molecule is O=C(CCCN1CCN(C(=O)C2CCCCC2)CC1)c1ccccc1. The van der Waals surface area contributed by atoms with Gasteiger partial charge in [0.2, 0.25) is 5.91 Å². The van der Waals surface area contributed by atoms with Gasteiger partial charge in [0.25, 0.3) is 0 Å². The molecule has 3 rings (SSSR count). The molecular formula is C21H30N2O2. The molecule has 0 aromatic heterocycles. The number of benzene rings is 1. The van der Waals surface area contributed by atoms with E-state index in [0.717, 1.165) is 57.5 Å². The molecule has 0 atom stereocenters. The van der Waals surface area contributed by atoms with Gasteiger partial charge in [0.15, 0.2) is 5.78 Å². The molecule has 25 heavy (non-hydrogen) atoms. The second-order valence-electron chi connectivity index (χ2n) is 7.39. The minimum atomic E-state index is 0.228. The van der Waals surface area contributed by atoms with Crippen LogP contribution in [0.25, 0.3) is 0 Å². The van der Waals surface area contributed by atoms with Crippen molar-refractivity contribution in [2.24, 2.45) is 5.92 Å². The van der Waals surface area contributed by atoms with Gasteiger partial charge < -0.3 is 4.90 Å². The van der Waals surface area contributed by atoms with Gasteiger partial charge in [-0.2, -0.15) is 0 Å². The fraction of sp³-hybridized carbons (Fsp3) is 0.619. The molecule has 1 aromatic carbocycles. The number of carbonyl (C=O) groups excluding carboxylic acids is 2. The standard InChI is InChI=1S/C21H30N2O2/c24-20(18-8-3-1-4-9-18)12-7-13-22-14-16-23(17-15-22)21(25)19-10-5-2-6-11-19/h1,3-4,8-9,19H,2,5-7,10-17H2. The van der Waals surface area contributed by atoms with Crippen molar-refractivity contribution in [3.63, 3.8) is 0 Å². The van der Waals surface area contributed by atoms with Gasteiger partial charge in [-0.15, -0.1) is 0 Å². The van der Waals surface area contributed by atoms with Crippen LogP contribution in [0.15, 0.2) is 30.3 Å². The largest absolute Gasteiger partial charge is 0.340 e. The first-order valence-corrected chi connectivity index (χ1v) is 9.83. The fourth-order valence-corrected chi connectivity index (χ4v) is 4.03. The summed E-state index contributed by atoms with van der Waals surface area (Å²) < 4.78 is 0. The average Bonchev–Trinajstić information content (AvgIpc) is 2.69. The van der Waals surface area contributed by atoms with Crippen LogP contribution in [-0.4, -0.2) is 54.2 Å². The minimum absolute atomic E-state index is 0.228. The van der Waals surface area contributed by atoms with Crippen LogP contribution < -0.4 is 0 Å². The maximum Gasteiger partial charge on any atom is 0.225 e. The lowest BCUT2D eigenvalue weighted by Crippen LogP contribution is -2.50. The van der Waals surface area contributed by atoms with E-state index in [-0.39, 0.29) is 11.7 Å². The molecule has 4 heteroatoms. The first-order chi connectivity index (χ1) is 12.2. The number of rotatable bonds is 6. The second-order valence-corrected chi connectivity index (χ2v) is 7.39. The third kappa shape index (κ3) is 5.15. The average molecular weight is 342 g/mol. The molecule has 0 unspecified atom stereocenters. The molecule has 0 spiro atoms. The van der Waals surface area contributed by atoms with Crippen molar-refractivity contribution < 1.29 is 9.59 Å². The van der Waals surface area contributed by atoms with E-state index >= 15 is 0 Å². The molecule has 1 saturated carbocycles. The first kappa shape index (κ1) is 18.1. The molecule has 1 aromatic rings. The molecule has 1 saturated heterocycles. The van der Waals surface area contributed by atoms with Crippen molar-refractivity contribution in [2.75, 3.05) is 32.7 Å². The van der Waals surface area contributed by atoms with E-state index in [1.54, 1.807) is 0 Å². The van der Waals surface area contributed by atoms with Crippen LogP contribution >= 0.6 is 0 Å². The summed E-state index contributed by atoms with van der Waals surface area (Å²) in [5, 5.41) is 0. The molecule has 1 heterocycles. The summed E-state index contributed by atoms with van der Waals surface area (Å²) in [5.41, 5.74) is 0.811. The van der Waals surface area contributed by atoms with Crippen LogP contribution in [0.5, 0.6) is 0 Å². The third-order valence-electron chi connectivity index (χ3n) is 5.61. The summed E-state index contributed by atoms with van der Waals surface area (Å²) in [6, 6.07) is 9.53. The minimum Gasteiger partial charge on any atom is -0.340 e. The van der Waals surface area contributed by atoms with E-state index in [2.05, 4.69) is 9.80 Å². The number of nitrogens with zero attached hydrogens (tertiary/aromatic N) is 2. The Labute approximate surface area is 151 Å². The van der Waals surface area contributed by atoms with E-state index in [4.69, 9.17) is 0 Å². The topological polar surface area (TPSA) is 40.6 Å². The molecule has 0 bridgehead atoms. The maximum absolute atomic E-state index is 12.6. The lowest BCUT2D eigenvalue weighted by atomic mass is 9.88. The lowest BCUT2D eigenvalue weighted by Gasteiger charge is -2.37. The number of ketones is 1. The Kier molecular flexibility index (Phi) is 6.62. The Morgan fingerprint density at radius 1 is 0.920 bits per heavy atom. The van der Waals surface area contributed by atoms with E-state index in [9.17, 15) is 9.59 Å². The van der Waals surface area contributed by atoms with Gasteiger partial charge in [0, 0.05) is 44.1 Å². The van der Waals surface area contributed by atoms with Crippen LogP contribution in [0, 0.1) is 5.92 Å². The molecule has 1 amide bonds. The number of piperazine rings is 1. The summed E-state index contributed by atoms with van der Waals surface area (Å²) in [5.74, 6) is 0.897. The molecule has 136 valence electrons. The summed E-state index contributed by atoms with van der Waals surface area (Å²) in [4.78, 5) is 29.2. The van der Waals surface area contributed by atoms with Gasteiger partial charge in [-0.3, -0.25) is 14.5 Å². The molecule has 1 aliphatic carbocycles. The zero-order valence-electron chi connectivity index (χ0n) is 15.2. The second kappa shape index (κ2) is 9.14. The lowest BCUT2D eigenvalue weighted by molar-refractivity contribution is -0.138. The summed E-state index contributed by atoms with van der Waals surface area (Å²) in [6.45, 7) is 4.53. The molecule has 2 aliphatic rings.